The van der Waals surface area contributed by atoms with Crippen LogP contribution in [0.3, 0.4) is 0 Å². The number of esters is 1. The van der Waals surface area contributed by atoms with E-state index in [1.165, 1.54) is 18.1 Å². The summed E-state index contributed by atoms with van der Waals surface area (Å²) in [6, 6.07) is 0. The zero-order valence-corrected chi connectivity index (χ0v) is 15.5. The molecule has 0 amide bonds. The van der Waals surface area contributed by atoms with E-state index in [1.807, 2.05) is 25.2 Å². The second-order valence-electron chi connectivity index (χ2n) is 5.47. The summed E-state index contributed by atoms with van der Waals surface area (Å²) in [4.78, 5) is 10.5. The van der Waals surface area contributed by atoms with Crippen LogP contribution in [0.4, 0.5) is 0 Å². The topological polar surface area (TPSA) is 46.5 Å². The predicted octanol–water partition coefficient (Wildman–Crippen LogP) is 5.13. The van der Waals surface area contributed by atoms with E-state index in [0.29, 0.717) is 6.61 Å². The first-order valence-electron chi connectivity index (χ1n) is 8.23. The van der Waals surface area contributed by atoms with E-state index in [1.54, 1.807) is 6.08 Å². The lowest BCUT2D eigenvalue weighted by Crippen LogP contribution is -1.98. The van der Waals surface area contributed by atoms with Crippen molar-refractivity contribution in [2.45, 2.75) is 60.3 Å². The van der Waals surface area contributed by atoms with Crippen LogP contribution in [0.2, 0.25) is 0 Å². The Balaban J connectivity index is 0. The average Bonchev–Trinajstić information content (AvgIpc) is 2.47. The van der Waals surface area contributed by atoms with Crippen LogP contribution < -0.4 is 0 Å². The van der Waals surface area contributed by atoms with Gasteiger partial charge in [0.1, 0.15) is 6.61 Å². The van der Waals surface area contributed by atoms with Crippen molar-refractivity contribution in [1.82, 2.24) is 0 Å². The molecule has 0 fully saturated rings. The quantitative estimate of drug-likeness (QED) is 0.363. The third-order valence-corrected chi connectivity index (χ3v) is 2.82. The van der Waals surface area contributed by atoms with Gasteiger partial charge in [-0.05, 0) is 59.5 Å². The number of hydrogen-bond donors (Lipinski definition) is 1. The van der Waals surface area contributed by atoms with Crippen molar-refractivity contribution in [2.24, 2.45) is 0 Å². The lowest BCUT2D eigenvalue weighted by molar-refractivity contribution is -0.139. The number of unbranched alkanes of at least 4 members (excludes halogenated alkanes) is 1. The molecule has 0 radical (unpaired) electrons. The van der Waals surface area contributed by atoms with E-state index in [4.69, 9.17) is 9.84 Å². The van der Waals surface area contributed by atoms with Crippen molar-refractivity contribution in [3.63, 3.8) is 0 Å². The largest absolute Gasteiger partial charge is 0.462 e. The third-order valence-electron chi connectivity index (χ3n) is 2.82. The molecule has 0 heterocycles. The molecule has 0 saturated carbocycles. The van der Waals surface area contributed by atoms with Crippen molar-refractivity contribution in [2.75, 3.05) is 13.2 Å². The summed E-state index contributed by atoms with van der Waals surface area (Å²) in [6.07, 6.45) is 16.3. The van der Waals surface area contributed by atoms with E-state index in [0.717, 1.165) is 25.7 Å². The maximum absolute atomic E-state index is 10.5. The number of carbonyl (C=O) groups is 1. The molecule has 0 spiro atoms. The summed E-state index contributed by atoms with van der Waals surface area (Å²) in [6.45, 7) is 10.2. The third kappa shape index (κ3) is 25.7. The Kier molecular flexibility index (Phi) is 19.0. The lowest BCUT2D eigenvalue weighted by Gasteiger charge is -2.00. The zero-order chi connectivity index (χ0) is 17.9. The van der Waals surface area contributed by atoms with Gasteiger partial charge in [0, 0.05) is 6.92 Å². The lowest BCUT2D eigenvalue weighted by atomic mass is 10.1. The van der Waals surface area contributed by atoms with Crippen LogP contribution in [0.25, 0.3) is 0 Å². The average molecular weight is 322 g/mol. The molecular weight excluding hydrogens is 288 g/mol. The first-order valence-corrected chi connectivity index (χ1v) is 8.23. The van der Waals surface area contributed by atoms with E-state index in [-0.39, 0.29) is 12.6 Å². The molecule has 0 atom stereocenters. The first-order chi connectivity index (χ1) is 10.9. The van der Waals surface area contributed by atoms with Gasteiger partial charge < -0.3 is 9.84 Å². The molecule has 0 saturated heterocycles. The smallest absolute Gasteiger partial charge is 0.302 e. The van der Waals surface area contributed by atoms with Gasteiger partial charge >= 0.3 is 5.97 Å². The number of aliphatic hydroxyl groups excluding tert-OH is 1. The molecule has 0 aromatic carbocycles. The molecular formula is C20H34O3. The summed E-state index contributed by atoms with van der Waals surface area (Å²) in [7, 11) is 0. The molecule has 3 nitrogen and oxygen atoms in total. The van der Waals surface area contributed by atoms with Crippen LogP contribution in [-0.4, -0.2) is 24.3 Å². The molecule has 0 bridgehead atoms. The molecule has 0 aromatic rings. The van der Waals surface area contributed by atoms with Gasteiger partial charge in [0.2, 0.25) is 0 Å². The molecule has 0 aliphatic carbocycles. The number of carbonyl (C=O) groups excluding carboxylic acids is 1. The highest BCUT2D eigenvalue weighted by Gasteiger charge is 1.91. The molecule has 0 unspecified atom stereocenters. The highest BCUT2D eigenvalue weighted by Crippen LogP contribution is 2.06. The molecule has 0 aromatic heterocycles. The van der Waals surface area contributed by atoms with Crippen molar-refractivity contribution >= 4 is 5.97 Å². The fourth-order valence-corrected chi connectivity index (χ4v) is 1.54. The normalized spacial score (nSPS) is 11.3. The minimum absolute atomic E-state index is 0.163. The second-order valence-corrected chi connectivity index (χ2v) is 5.47. The number of ether oxygens (including phenoxy) is 1. The van der Waals surface area contributed by atoms with Crippen LogP contribution in [0, 0.1) is 0 Å². The standard InChI is InChI=1S/C12H20O2.C8H14O/c1-10(2)6-5-7-11(3)8-9-14-12(4)13;1-2-3-4-5-6-7-8-9/h6,8H,5,7,9H2,1-4H3;2-3,6-7,9H,4-5,8H2,1H3/b11-8+;. The van der Waals surface area contributed by atoms with Crippen LogP contribution >= 0.6 is 0 Å². The van der Waals surface area contributed by atoms with Crippen LogP contribution in [-0.2, 0) is 9.53 Å². The van der Waals surface area contributed by atoms with Gasteiger partial charge in [-0.25, -0.2) is 0 Å². The summed E-state index contributed by atoms with van der Waals surface area (Å²) >= 11 is 0. The van der Waals surface area contributed by atoms with Crippen molar-refractivity contribution in [3.05, 3.63) is 47.6 Å². The molecule has 0 aliphatic rings. The van der Waals surface area contributed by atoms with Crippen molar-refractivity contribution in [3.8, 4) is 0 Å². The van der Waals surface area contributed by atoms with E-state index >= 15 is 0 Å². The van der Waals surface area contributed by atoms with Gasteiger partial charge in [0.05, 0.1) is 6.61 Å². The summed E-state index contributed by atoms with van der Waals surface area (Å²) in [5.74, 6) is -0.224. The fourth-order valence-electron chi connectivity index (χ4n) is 1.54. The highest BCUT2D eigenvalue weighted by atomic mass is 16.5. The molecule has 3 heteroatoms. The van der Waals surface area contributed by atoms with E-state index in [2.05, 4.69) is 32.9 Å². The number of allylic oxidation sites excluding steroid dienone is 6. The Morgan fingerprint density at radius 1 is 0.957 bits per heavy atom. The Morgan fingerprint density at radius 2 is 1.61 bits per heavy atom. The zero-order valence-electron chi connectivity index (χ0n) is 15.5. The van der Waals surface area contributed by atoms with Gasteiger partial charge in [-0.15, -0.1) is 0 Å². The molecule has 132 valence electrons. The van der Waals surface area contributed by atoms with E-state index < -0.39 is 0 Å². The fraction of sp³-hybridized carbons (Fsp3) is 0.550. The van der Waals surface area contributed by atoms with Crippen LogP contribution in [0.5, 0.6) is 0 Å². The Labute approximate surface area is 142 Å². The number of hydrogen-bond acceptors (Lipinski definition) is 3. The maximum atomic E-state index is 10.5. The van der Waals surface area contributed by atoms with Gasteiger partial charge in [0.25, 0.3) is 0 Å². The Morgan fingerprint density at radius 3 is 2.13 bits per heavy atom. The van der Waals surface area contributed by atoms with Gasteiger partial charge in [-0.3, -0.25) is 4.79 Å². The molecule has 0 aliphatic heterocycles. The number of aliphatic hydroxyl groups is 1. The minimum Gasteiger partial charge on any atom is -0.462 e. The van der Waals surface area contributed by atoms with Gasteiger partial charge in [-0.1, -0.05) is 41.5 Å². The van der Waals surface area contributed by atoms with Crippen molar-refractivity contribution in [1.29, 1.82) is 0 Å². The van der Waals surface area contributed by atoms with E-state index in [9.17, 15) is 4.79 Å². The summed E-state index contributed by atoms with van der Waals surface area (Å²) in [5.41, 5.74) is 2.61. The summed E-state index contributed by atoms with van der Waals surface area (Å²) in [5, 5.41) is 8.32. The van der Waals surface area contributed by atoms with Crippen LogP contribution in [0.1, 0.15) is 60.3 Å². The minimum atomic E-state index is -0.224. The Bertz CT molecular complexity index is 397. The highest BCUT2D eigenvalue weighted by molar-refractivity contribution is 5.66. The van der Waals surface area contributed by atoms with Gasteiger partial charge in [-0.2, -0.15) is 0 Å². The van der Waals surface area contributed by atoms with Crippen molar-refractivity contribution < 1.29 is 14.6 Å². The first kappa shape index (κ1) is 23.7. The monoisotopic (exact) mass is 322 g/mol. The van der Waals surface area contributed by atoms with Gasteiger partial charge in [0.15, 0.2) is 0 Å². The number of rotatable bonds is 9. The predicted molar refractivity (Wildman–Crippen MR) is 99.3 cm³/mol. The maximum Gasteiger partial charge on any atom is 0.302 e. The molecule has 0 rings (SSSR count). The van der Waals surface area contributed by atoms with Crippen LogP contribution in [0.15, 0.2) is 47.6 Å². The molecule has 23 heavy (non-hydrogen) atoms. The SMILES string of the molecule is CC(=O)OC/C=C(\C)CCC=C(C)C.CC=CCCC=CCO. The Hall–Kier alpha value is -1.61. The molecule has 1 N–H and O–H groups in total. The summed E-state index contributed by atoms with van der Waals surface area (Å²) < 4.78 is 4.81. The second kappa shape index (κ2) is 18.4.